The Hall–Kier alpha value is -0.870. The average molecular weight is 296 g/mol. The van der Waals surface area contributed by atoms with Crippen molar-refractivity contribution in [2.45, 2.75) is 24.9 Å². The Morgan fingerprint density at radius 3 is 2.82 bits per heavy atom. The molecule has 0 aromatic heterocycles. The van der Waals surface area contributed by atoms with E-state index in [0.29, 0.717) is 12.0 Å². The summed E-state index contributed by atoms with van der Waals surface area (Å²) < 4.78 is 7.03. The van der Waals surface area contributed by atoms with Crippen molar-refractivity contribution in [2.75, 3.05) is 13.1 Å². The molecule has 0 aliphatic carbocycles. The second-order valence-corrected chi connectivity index (χ2v) is 5.61. The number of ketones is 1. The standard InChI is InChI=1S/C13H14BrNO2/c14-10-3-1-2-9-11(16)8-13(17-12(9)10)4-6-15-7-5-13/h1-3,15H,4-8H2. The van der Waals surface area contributed by atoms with Gasteiger partial charge < -0.3 is 10.1 Å². The third-order valence-corrected chi connectivity index (χ3v) is 4.21. The largest absolute Gasteiger partial charge is 0.485 e. The Morgan fingerprint density at radius 2 is 2.06 bits per heavy atom. The highest BCUT2D eigenvalue weighted by Gasteiger charge is 2.41. The van der Waals surface area contributed by atoms with Crippen molar-refractivity contribution in [1.82, 2.24) is 5.32 Å². The highest BCUT2D eigenvalue weighted by Crippen LogP contribution is 2.41. The molecular weight excluding hydrogens is 282 g/mol. The van der Waals surface area contributed by atoms with E-state index in [9.17, 15) is 4.79 Å². The van der Waals surface area contributed by atoms with Crippen molar-refractivity contribution in [3.63, 3.8) is 0 Å². The smallest absolute Gasteiger partial charge is 0.170 e. The van der Waals surface area contributed by atoms with Crippen LogP contribution in [0.15, 0.2) is 22.7 Å². The van der Waals surface area contributed by atoms with Crippen LogP contribution in [0, 0.1) is 0 Å². The molecule has 2 aliphatic rings. The molecular formula is C13H14BrNO2. The summed E-state index contributed by atoms with van der Waals surface area (Å²) in [5, 5.41) is 3.31. The van der Waals surface area contributed by atoms with Crippen molar-refractivity contribution in [2.24, 2.45) is 0 Å². The molecule has 4 heteroatoms. The van der Waals surface area contributed by atoms with Crippen molar-refractivity contribution < 1.29 is 9.53 Å². The summed E-state index contributed by atoms with van der Waals surface area (Å²) >= 11 is 3.47. The highest BCUT2D eigenvalue weighted by molar-refractivity contribution is 9.10. The van der Waals surface area contributed by atoms with Gasteiger partial charge in [0, 0.05) is 12.8 Å². The van der Waals surface area contributed by atoms with Crippen LogP contribution in [0.5, 0.6) is 5.75 Å². The molecule has 1 spiro atoms. The van der Waals surface area contributed by atoms with Gasteiger partial charge in [0.15, 0.2) is 5.78 Å². The van der Waals surface area contributed by atoms with Gasteiger partial charge in [0.25, 0.3) is 0 Å². The number of para-hydroxylation sites is 1. The summed E-state index contributed by atoms with van der Waals surface area (Å²) in [6, 6.07) is 5.65. The van der Waals surface area contributed by atoms with Gasteiger partial charge >= 0.3 is 0 Å². The number of ether oxygens (including phenoxy) is 1. The van der Waals surface area contributed by atoms with Crippen molar-refractivity contribution in [1.29, 1.82) is 0 Å². The normalized spacial score (nSPS) is 22.1. The molecule has 0 unspecified atom stereocenters. The van der Waals surface area contributed by atoms with Crippen LogP contribution in [0.2, 0.25) is 0 Å². The summed E-state index contributed by atoms with van der Waals surface area (Å²) in [5.41, 5.74) is 0.433. The van der Waals surface area contributed by atoms with E-state index in [4.69, 9.17) is 4.74 Å². The maximum atomic E-state index is 12.2. The molecule has 0 atom stereocenters. The zero-order valence-electron chi connectivity index (χ0n) is 9.46. The minimum absolute atomic E-state index is 0.203. The van der Waals surface area contributed by atoms with E-state index < -0.39 is 0 Å². The summed E-state index contributed by atoms with van der Waals surface area (Å²) in [5.74, 6) is 0.931. The number of piperidine rings is 1. The molecule has 3 rings (SSSR count). The van der Waals surface area contributed by atoms with Crippen LogP contribution in [0.4, 0.5) is 0 Å². The zero-order chi connectivity index (χ0) is 11.9. The fraction of sp³-hybridized carbons (Fsp3) is 0.462. The van der Waals surface area contributed by atoms with Crippen molar-refractivity contribution in [3.8, 4) is 5.75 Å². The van der Waals surface area contributed by atoms with Gasteiger partial charge in [-0.2, -0.15) is 0 Å². The van der Waals surface area contributed by atoms with Gasteiger partial charge in [-0.1, -0.05) is 6.07 Å². The van der Waals surface area contributed by atoms with E-state index in [1.54, 1.807) is 0 Å². The first-order chi connectivity index (χ1) is 8.20. The number of halogens is 1. The van der Waals surface area contributed by atoms with E-state index in [0.717, 1.165) is 36.2 Å². The molecule has 1 saturated heterocycles. The topological polar surface area (TPSA) is 38.3 Å². The molecule has 0 radical (unpaired) electrons. The Morgan fingerprint density at radius 1 is 1.29 bits per heavy atom. The van der Waals surface area contributed by atoms with Crippen LogP contribution < -0.4 is 10.1 Å². The lowest BCUT2D eigenvalue weighted by Gasteiger charge is -2.41. The fourth-order valence-corrected chi connectivity index (χ4v) is 3.08. The van der Waals surface area contributed by atoms with E-state index >= 15 is 0 Å². The molecule has 0 saturated carbocycles. The fourth-order valence-electron chi connectivity index (χ4n) is 2.63. The molecule has 2 heterocycles. The van der Waals surface area contributed by atoms with Crippen LogP contribution in [-0.4, -0.2) is 24.5 Å². The Bertz CT molecular complexity index is 466. The van der Waals surface area contributed by atoms with E-state index in [1.165, 1.54) is 0 Å². The first-order valence-electron chi connectivity index (χ1n) is 5.92. The second-order valence-electron chi connectivity index (χ2n) is 4.75. The summed E-state index contributed by atoms with van der Waals surface area (Å²) in [4.78, 5) is 12.2. The van der Waals surface area contributed by atoms with Gasteiger partial charge in [-0.05, 0) is 41.2 Å². The minimum atomic E-state index is -0.279. The maximum Gasteiger partial charge on any atom is 0.170 e. The Kier molecular flexibility index (Phi) is 2.71. The molecule has 1 fully saturated rings. The predicted molar refractivity (Wildman–Crippen MR) is 68.6 cm³/mol. The number of hydrogen-bond donors (Lipinski definition) is 1. The number of hydrogen-bond acceptors (Lipinski definition) is 3. The number of carbonyl (C=O) groups excluding carboxylic acids is 1. The van der Waals surface area contributed by atoms with Gasteiger partial charge in [-0.25, -0.2) is 0 Å². The third kappa shape index (κ3) is 1.89. The van der Waals surface area contributed by atoms with Crippen LogP contribution in [0.1, 0.15) is 29.6 Å². The first-order valence-corrected chi connectivity index (χ1v) is 6.71. The van der Waals surface area contributed by atoms with Gasteiger partial charge in [0.1, 0.15) is 11.4 Å². The Labute approximate surface area is 109 Å². The zero-order valence-corrected chi connectivity index (χ0v) is 11.0. The first kappa shape index (κ1) is 11.2. The minimum Gasteiger partial charge on any atom is -0.485 e. The maximum absolute atomic E-state index is 12.2. The lowest BCUT2D eigenvalue weighted by atomic mass is 9.83. The quantitative estimate of drug-likeness (QED) is 0.799. The molecule has 0 amide bonds. The van der Waals surface area contributed by atoms with E-state index in [1.807, 2.05) is 18.2 Å². The lowest BCUT2D eigenvalue weighted by Crippen LogP contribution is -2.49. The number of carbonyl (C=O) groups is 1. The Balaban J connectivity index is 2.02. The molecule has 17 heavy (non-hydrogen) atoms. The lowest BCUT2D eigenvalue weighted by molar-refractivity contribution is 0.0181. The van der Waals surface area contributed by atoms with E-state index in [2.05, 4.69) is 21.2 Å². The van der Waals surface area contributed by atoms with Gasteiger partial charge in [-0.15, -0.1) is 0 Å². The molecule has 2 aliphatic heterocycles. The number of fused-ring (bicyclic) bond motifs is 1. The number of nitrogens with one attached hydrogen (secondary N) is 1. The van der Waals surface area contributed by atoms with Crippen LogP contribution >= 0.6 is 15.9 Å². The van der Waals surface area contributed by atoms with E-state index in [-0.39, 0.29) is 11.4 Å². The SMILES string of the molecule is O=C1CC2(CCNCC2)Oc2c(Br)cccc21. The second kappa shape index (κ2) is 4.10. The van der Waals surface area contributed by atoms with Crippen molar-refractivity contribution >= 4 is 21.7 Å². The predicted octanol–water partition coefficient (Wildman–Crippen LogP) is 2.54. The van der Waals surface area contributed by atoms with Crippen LogP contribution in [0.25, 0.3) is 0 Å². The van der Waals surface area contributed by atoms with Crippen molar-refractivity contribution in [3.05, 3.63) is 28.2 Å². The average Bonchev–Trinajstić information content (AvgIpc) is 2.32. The summed E-state index contributed by atoms with van der Waals surface area (Å²) in [6.07, 6.45) is 2.32. The van der Waals surface area contributed by atoms with Gasteiger partial charge in [0.2, 0.25) is 0 Å². The summed E-state index contributed by atoms with van der Waals surface area (Å²) in [6.45, 7) is 1.85. The third-order valence-electron chi connectivity index (χ3n) is 3.58. The molecule has 1 aromatic rings. The van der Waals surface area contributed by atoms with Gasteiger partial charge in [0.05, 0.1) is 16.5 Å². The molecule has 3 nitrogen and oxygen atoms in total. The van der Waals surface area contributed by atoms with Crippen LogP contribution in [-0.2, 0) is 0 Å². The monoisotopic (exact) mass is 295 g/mol. The number of Topliss-reactive ketones (excluding diaryl/α,β-unsaturated/α-hetero) is 1. The molecule has 90 valence electrons. The summed E-state index contributed by atoms with van der Waals surface area (Å²) in [7, 11) is 0. The molecule has 1 N–H and O–H groups in total. The molecule has 1 aromatic carbocycles. The molecule has 0 bridgehead atoms. The van der Waals surface area contributed by atoms with Crippen LogP contribution in [0.3, 0.4) is 0 Å². The van der Waals surface area contributed by atoms with Gasteiger partial charge in [-0.3, -0.25) is 4.79 Å². The number of benzene rings is 1. The highest BCUT2D eigenvalue weighted by atomic mass is 79.9. The number of rotatable bonds is 0.